The SMILES string of the molecule is CCOC(=O)N1CC2CCCCC2C1.CCOC(=O)N1CCCC1.CCOC(=O)N1CCCCC1.CCOC(=O)N1CCCCCC1. The Balaban J connectivity index is 0.000000220. The van der Waals surface area contributed by atoms with Gasteiger partial charge in [0.25, 0.3) is 0 Å². The number of hydrogen-bond acceptors (Lipinski definition) is 8. The molecular formula is C35H64N4O8. The number of ether oxygens (including phenoxy) is 4. The Morgan fingerprint density at radius 1 is 0.404 bits per heavy atom. The molecule has 47 heavy (non-hydrogen) atoms. The van der Waals surface area contributed by atoms with Gasteiger partial charge in [-0.05, 0) is 97.3 Å². The molecule has 2 unspecified atom stereocenters. The van der Waals surface area contributed by atoms with Gasteiger partial charge in [0.05, 0.1) is 26.4 Å². The predicted octanol–water partition coefficient (Wildman–Crippen LogP) is 7.15. The van der Waals surface area contributed by atoms with Gasteiger partial charge in [-0.15, -0.1) is 0 Å². The zero-order chi connectivity index (χ0) is 34.3. The minimum atomic E-state index is -0.153. The number of amides is 4. The summed E-state index contributed by atoms with van der Waals surface area (Å²) in [4.78, 5) is 52.0. The molecule has 1 aliphatic carbocycles. The van der Waals surface area contributed by atoms with Crippen molar-refractivity contribution in [2.75, 3.05) is 78.8 Å². The van der Waals surface area contributed by atoms with Crippen LogP contribution in [-0.2, 0) is 18.9 Å². The largest absolute Gasteiger partial charge is 0.450 e. The molecule has 2 atom stereocenters. The molecule has 0 aromatic carbocycles. The van der Waals surface area contributed by atoms with E-state index in [0.29, 0.717) is 26.4 Å². The summed E-state index contributed by atoms with van der Waals surface area (Å²) in [5, 5.41) is 0. The summed E-state index contributed by atoms with van der Waals surface area (Å²) in [5.41, 5.74) is 0. The molecule has 12 heteroatoms. The lowest BCUT2D eigenvalue weighted by Gasteiger charge is -2.25. The fraction of sp³-hybridized carbons (Fsp3) is 0.886. The van der Waals surface area contributed by atoms with Crippen molar-refractivity contribution in [2.24, 2.45) is 11.8 Å². The van der Waals surface area contributed by atoms with E-state index in [1.165, 1.54) is 44.9 Å². The molecular weight excluding hydrogens is 604 g/mol. The lowest BCUT2D eigenvalue weighted by Crippen LogP contribution is -2.35. The fourth-order valence-electron chi connectivity index (χ4n) is 6.64. The van der Waals surface area contributed by atoms with E-state index in [1.54, 1.807) is 9.80 Å². The van der Waals surface area contributed by atoms with Gasteiger partial charge in [0.2, 0.25) is 0 Å². The van der Waals surface area contributed by atoms with Crippen LogP contribution in [0, 0.1) is 11.8 Å². The summed E-state index contributed by atoms with van der Waals surface area (Å²) in [6.45, 7) is 16.4. The third-order valence-electron chi connectivity index (χ3n) is 9.15. The van der Waals surface area contributed by atoms with Crippen LogP contribution in [0.3, 0.4) is 0 Å². The van der Waals surface area contributed by atoms with Crippen molar-refractivity contribution < 1.29 is 38.1 Å². The summed E-state index contributed by atoms with van der Waals surface area (Å²) in [7, 11) is 0. The minimum Gasteiger partial charge on any atom is -0.450 e. The lowest BCUT2D eigenvalue weighted by molar-refractivity contribution is 0.0996. The second-order valence-electron chi connectivity index (χ2n) is 12.6. The predicted molar refractivity (Wildman–Crippen MR) is 181 cm³/mol. The van der Waals surface area contributed by atoms with Gasteiger partial charge in [-0.25, -0.2) is 19.2 Å². The number of carbonyl (C=O) groups is 4. The van der Waals surface area contributed by atoms with Gasteiger partial charge in [0.1, 0.15) is 0 Å². The maximum absolute atomic E-state index is 11.5. The van der Waals surface area contributed by atoms with Gasteiger partial charge in [-0.2, -0.15) is 0 Å². The molecule has 0 N–H and O–H groups in total. The number of rotatable bonds is 4. The van der Waals surface area contributed by atoms with Gasteiger partial charge < -0.3 is 38.5 Å². The van der Waals surface area contributed by atoms with Crippen molar-refractivity contribution in [1.82, 2.24) is 19.6 Å². The number of carbonyl (C=O) groups excluding carboxylic acids is 4. The maximum Gasteiger partial charge on any atom is 0.409 e. The van der Waals surface area contributed by atoms with Crippen LogP contribution in [0.15, 0.2) is 0 Å². The third kappa shape index (κ3) is 15.7. The Bertz CT molecular complexity index is 873. The van der Waals surface area contributed by atoms with Gasteiger partial charge in [-0.1, -0.05) is 25.7 Å². The number of hydrogen-bond donors (Lipinski definition) is 0. The fourth-order valence-corrected chi connectivity index (χ4v) is 6.64. The minimum absolute atomic E-state index is 0.109. The molecule has 5 aliphatic rings. The van der Waals surface area contributed by atoms with Crippen LogP contribution in [0.5, 0.6) is 0 Å². The zero-order valence-electron chi connectivity index (χ0n) is 29.9. The first-order valence-electron chi connectivity index (χ1n) is 18.5. The van der Waals surface area contributed by atoms with E-state index >= 15 is 0 Å². The van der Waals surface area contributed by atoms with Crippen molar-refractivity contribution in [2.45, 2.75) is 111 Å². The molecule has 12 nitrogen and oxygen atoms in total. The highest BCUT2D eigenvalue weighted by Crippen LogP contribution is 2.36. The van der Waals surface area contributed by atoms with Crippen LogP contribution in [0.25, 0.3) is 0 Å². The van der Waals surface area contributed by atoms with Crippen LogP contribution in [0.4, 0.5) is 19.2 Å². The van der Waals surface area contributed by atoms with E-state index in [-0.39, 0.29) is 24.4 Å². The van der Waals surface area contributed by atoms with Crippen molar-refractivity contribution in [1.29, 1.82) is 0 Å². The van der Waals surface area contributed by atoms with E-state index in [2.05, 4.69) is 0 Å². The molecule has 4 saturated heterocycles. The molecule has 1 saturated carbocycles. The number of fused-ring (bicyclic) bond motifs is 1. The van der Waals surface area contributed by atoms with Crippen LogP contribution in [0.2, 0.25) is 0 Å². The van der Waals surface area contributed by atoms with Gasteiger partial charge in [0, 0.05) is 52.4 Å². The average molecular weight is 669 g/mol. The molecule has 0 spiro atoms. The summed E-state index contributed by atoms with van der Waals surface area (Å²) < 4.78 is 19.6. The highest BCUT2D eigenvalue weighted by atomic mass is 16.6. The second kappa shape index (κ2) is 24.3. The Hall–Kier alpha value is -2.92. The first kappa shape index (κ1) is 40.3. The first-order valence-corrected chi connectivity index (χ1v) is 18.5. The summed E-state index contributed by atoms with van der Waals surface area (Å²) in [6, 6.07) is 0. The molecule has 4 aliphatic heterocycles. The quantitative estimate of drug-likeness (QED) is 0.290. The van der Waals surface area contributed by atoms with E-state index in [1.807, 2.05) is 37.5 Å². The Morgan fingerprint density at radius 3 is 0.957 bits per heavy atom. The number of nitrogens with zero attached hydrogens (tertiary/aromatic N) is 4. The maximum atomic E-state index is 11.5. The molecule has 0 bridgehead atoms. The van der Waals surface area contributed by atoms with Crippen molar-refractivity contribution in [3.8, 4) is 0 Å². The van der Waals surface area contributed by atoms with Crippen molar-refractivity contribution in [3.05, 3.63) is 0 Å². The Labute approximate surface area is 283 Å². The summed E-state index contributed by atoms with van der Waals surface area (Å²) in [6.07, 6.45) is 15.2. The zero-order valence-corrected chi connectivity index (χ0v) is 29.9. The molecule has 272 valence electrons. The van der Waals surface area contributed by atoms with Gasteiger partial charge >= 0.3 is 24.4 Å². The molecule has 5 rings (SSSR count). The monoisotopic (exact) mass is 668 g/mol. The lowest BCUT2D eigenvalue weighted by atomic mass is 9.82. The van der Waals surface area contributed by atoms with Crippen molar-refractivity contribution >= 4 is 24.4 Å². The van der Waals surface area contributed by atoms with E-state index < -0.39 is 0 Å². The van der Waals surface area contributed by atoms with Crippen LogP contribution in [-0.4, -0.2) is 123 Å². The normalized spacial score (nSPS) is 22.0. The topological polar surface area (TPSA) is 118 Å². The third-order valence-corrected chi connectivity index (χ3v) is 9.15. The molecule has 4 amide bonds. The van der Waals surface area contributed by atoms with Crippen LogP contribution in [0.1, 0.15) is 111 Å². The standard InChI is InChI=1S/C11H19NO2.C9H17NO2.C8H15NO2.C7H13NO2/c1-2-14-11(13)12-7-9-5-3-4-6-10(9)8-12;1-2-12-9(11)10-7-5-3-4-6-8-10;1-2-11-8(10)9-6-4-3-5-7-9;1-2-10-7(9)8-5-3-4-6-8/h9-10H,2-8H2,1H3;2-8H2,1H3;2-7H2,1H3;2-6H2,1H3. The second-order valence-corrected chi connectivity index (χ2v) is 12.6. The van der Waals surface area contributed by atoms with E-state index in [0.717, 1.165) is 103 Å². The summed E-state index contributed by atoms with van der Waals surface area (Å²) in [5.74, 6) is 1.52. The molecule has 0 aromatic rings. The van der Waals surface area contributed by atoms with Crippen LogP contribution >= 0.6 is 0 Å². The molecule has 4 heterocycles. The highest BCUT2D eigenvalue weighted by molar-refractivity contribution is 5.69. The molecule has 0 radical (unpaired) electrons. The average Bonchev–Trinajstić information content (AvgIpc) is 3.71. The summed E-state index contributed by atoms with van der Waals surface area (Å²) >= 11 is 0. The number of likely N-dealkylation sites (tertiary alicyclic amines) is 4. The molecule has 5 fully saturated rings. The Morgan fingerprint density at radius 2 is 0.660 bits per heavy atom. The van der Waals surface area contributed by atoms with Crippen LogP contribution < -0.4 is 0 Å². The number of piperidine rings is 1. The smallest absolute Gasteiger partial charge is 0.409 e. The highest BCUT2D eigenvalue weighted by Gasteiger charge is 2.36. The van der Waals surface area contributed by atoms with Gasteiger partial charge in [0.15, 0.2) is 0 Å². The Kier molecular flexibility index (Phi) is 20.8. The van der Waals surface area contributed by atoms with E-state index in [4.69, 9.17) is 18.9 Å². The van der Waals surface area contributed by atoms with E-state index in [9.17, 15) is 19.2 Å². The molecule has 0 aromatic heterocycles. The van der Waals surface area contributed by atoms with Gasteiger partial charge in [-0.3, -0.25) is 0 Å². The van der Waals surface area contributed by atoms with Crippen molar-refractivity contribution in [3.63, 3.8) is 0 Å². The first-order chi connectivity index (χ1) is 22.8.